The largest absolute Gasteiger partial charge is 0.394 e. The lowest BCUT2D eigenvalue weighted by atomic mass is 10.3. The van der Waals surface area contributed by atoms with Crippen molar-refractivity contribution in [3.05, 3.63) is 23.8 Å². The minimum atomic E-state index is -4.01. The van der Waals surface area contributed by atoms with Crippen LogP contribution in [0.5, 0.6) is 0 Å². The van der Waals surface area contributed by atoms with Gasteiger partial charge >= 0.3 is 0 Å². The lowest BCUT2D eigenvalue weighted by Gasteiger charge is -2.24. The van der Waals surface area contributed by atoms with E-state index in [9.17, 15) is 17.2 Å². The second-order valence-electron chi connectivity index (χ2n) is 4.08. The average Bonchev–Trinajstić information content (AvgIpc) is 2.25. The van der Waals surface area contributed by atoms with Crippen molar-refractivity contribution in [2.24, 2.45) is 0 Å². The second-order valence-corrected chi connectivity index (χ2v) is 5.93. The Morgan fingerprint density at radius 2 is 1.89 bits per heavy atom. The number of rotatable bonds is 4. The predicted octanol–water partition coefficient (Wildman–Crippen LogP) is 1.97. The number of nitrogen functional groups attached to an aromatic ring is 1. The molecule has 1 aromatic rings. The molecule has 102 valence electrons. The van der Waals surface area contributed by atoms with Gasteiger partial charge < -0.3 is 5.73 Å². The fourth-order valence-electron chi connectivity index (χ4n) is 1.69. The van der Waals surface area contributed by atoms with Crippen molar-refractivity contribution < 1.29 is 17.2 Å². The Hall–Kier alpha value is -1.21. The summed E-state index contributed by atoms with van der Waals surface area (Å²) in [4.78, 5) is -0.600. The molecule has 0 amide bonds. The fraction of sp³-hybridized carbons (Fsp3) is 0.455. The Labute approximate surface area is 105 Å². The summed E-state index contributed by atoms with van der Waals surface area (Å²) < 4.78 is 52.3. The Morgan fingerprint density at radius 1 is 1.33 bits per heavy atom. The summed E-state index contributed by atoms with van der Waals surface area (Å²) in [6.45, 7) is 5.18. The third kappa shape index (κ3) is 2.46. The molecule has 2 N–H and O–H groups in total. The molecule has 0 heterocycles. The SMILES string of the molecule is CCN(C(C)C)S(=O)(=O)c1ccc(F)c(N)c1F. The van der Waals surface area contributed by atoms with Crippen molar-refractivity contribution in [3.63, 3.8) is 0 Å². The van der Waals surface area contributed by atoms with Crippen LogP contribution in [0.2, 0.25) is 0 Å². The summed E-state index contributed by atoms with van der Waals surface area (Å²) in [5, 5.41) is 0. The molecule has 18 heavy (non-hydrogen) atoms. The number of halogens is 2. The Kier molecular flexibility index (Phi) is 4.28. The molecule has 7 heteroatoms. The van der Waals surface area contributed by atoms with Crippen molar-refractivity contribution in [2.75, 3.05) is 12.3 Å². The van der Waals surface area contributed by atoms with Gasteiger partial charge in [0.05, 0.1) is 0 Å². The smallest absolute Gasteiger partial charge is 0.246 e. The van der Waals surface area contributed by atoms with Crippen LogP contribution in [-0.2, 0) is 10.0 Å². The van der Waals surface area contributed by atoms with Gasteiger partial charge in [0.15, 0.2) is 5.82 Å². The summed E-state index contributed by atoms with van der Waals surface area (Å²) >= 11 is 0. The highest BCUT2D eigenvalue weighted by Gasteiger charge is 2.29. The van der Waals surface area contributed by atoms with Gasteiger partial charge in [-0.3, -0.25) is 0 Å². The van der Waals surface area contributed by atoms with Crippen molar-refractivity contribution in [1.82, 2.24) is 4.31 Å². The molecule has 0 aliphatic carbocycles. The average molecular weight is 278 g/mol. The van der Waals surface area contributed by atoms with E-state index in [1.165, 1.54) is 0 Å². The van der Waals surface area contributed by atoms with Crippen LogP contribution in [0.15, 0.2) is 17.0 Å². The normalized spacial score (nSPS) is 12.4. The van der Waals surface area contributed by atoms with Crippen LogP contribution in [-0.4, -0.2) is 25.3 Å². The first-order valence-corrected chi connectivity index (χ1v) is 6.92. The molecular formula is C11H16F2N2O2S. The number of nitrogens with two attached hydrogens (primary N) is 1. The van der Waals surface area contributed by atoms with Crippen molar-refractivity contribution >= 4 is 15.7 Å². The first-order chi connectivity index (χ1) is 8.23. The van der Waals surface area contributed by atoms with Gasteiger partial charge in [0.1, 0.15) is 16.4 Å². The molecule has 0 bridgehead atoms. The molecule has 4 nitrogen and oxygen atoms in total. The van der Waals surface area contributed by atoms with E-state index in [4.69, 9.17) is 5.73 Å². The maximum absolute atomic E-state index is 13.7. The van der Waals surface area contributed by atoms with Gasteiger partial charge in [-0.15, -0.1) is 0 Å². The number of anilines is 1. The second kappa shape index (κ2) is 5.19. The van der Waals surface area contributed by atoms with Gasteiger partial charge in [-0.05, 0) is 26.0 Å². The minimum absolute atomic E-state index is 0.191. The van der Waals surface area contributed by atoms with Crippen LogP contribution < -0.4 is 5.73 Å². The minimum Gasteiger partial charge on any atom is -0.394 e. The first kappa shape index (κ1) is 14.8. The lowest BCUT2D eigenvalue weighted by molar-refractivity contribution is 0.367. The van der Waals surface area contributed by atoms with E-state index in [1.807, 2.05) is 0 Å². The lowest BCUT2D eigenvalue weighted by Crippen LogP contribution is -2.37. The maximum Gasteiger partial charge on any atom is 0.246 e. The van der Waals surface area contributed by atoms with Gasteiger partial charge in [0.25, 0.3) is 0 Å². The van der Waals surface area contributed by atoms with Gasteiger partial charge in [-0.25, -0.2) is 17.2 Å². The maximum atomic E-state index is 13.7. The van der Waals surface area contributed by atoms with Crippen molar-refractivity contribution in [3.8, 4) is 0 Å². The summed E-state index contributed by atoms with van der Waals surface area (Å²) in [6.07, 6.45) is 0. The van der Waals surface area contributed by atoms with Crippen LogP contribution in [0.4, 0.5) is 14.5 Å². The quantitative estimate of drug-likeness (QED) is 0.856. The molecule has 0 aliphatic rings. The van der Waals surface area contributed by atoms with Crippen molar-refractivity contribution in [2.45, 2.75) is 31.7 Å². The summed E-state index contributed by atoms with van der Waals surface area (Å²) in [7, 11) is -4.01. The number of nitrogens with zero attached hydrogens (tertiary/aromatic N) is 1. The topological polar surface area (TPSA) is 63.4 Å². The van der Waals surface area contributed by atoms with E-state index in [2.05, 4.69) is 0 Å². The Bertz CT molecular complexity index is 544. The van der Waals surface area contributed by atoms with E-state index in [0.717, 1.165) is 16.4 Å². The van der Waals surface area contributed by atoms with E-state index < -0.39 is 32.2 Å². The zero-order valence-corrected chi connectivity index (χ0v) is 11.3. The third-order valence-corrected chi connectivity index (χ3v) is 4.73. The van der Waals surface area contributed by atoms with E-state index in [-0.39, 0.29) is 12.6 Å². The molecule has 0 unspecified atom stereocenters. The molecule has 0 aromatic heterocycles. The van der Waals surface area contributed by atoms with Gasteiger partial charge in [-0.2, -0.15) is 4.31 Å². The molecule has 0 saturated heterocycles. The third-order valence-electron chi connectivity index (χ3n) is 2.57. The molecule has 0 radical (unpaired) electrons. The molecule has 0 saturated carbocycles. The predicted molar refractivity (Wildman–Crippen MR) is 65.5 cm³/mol. The summed E-state index contributed by atoms with van der Waals surface area (Å²) in [5.74, 6) is -2.21. The monoisotopic (exact) mass is 278 g/mol. The highest BCUT2D eigenvalue weighted by atomic mass is 32.2. The van der Waals surface area contributed by atoms with Crippen LogP contribution >= 0.6 is 0 Å². The standard InChI is InChI=1S/C11H16F2N2O2S/c1-4-15(7(2)3)18(16,17)9-6-5-8(12)11(14)10(9)13/h5-7H,4,14H2,1-3H3. The van der Waals surface area contributed by atoms with E-state index in [0.29, 0.717) is 0 Å². The van der Waals surface area contributed by atoms with Crippen LogP contribution in [0, 0.1) is 11.6 Å². The summed E-state index contributed by atoms with van der Waals surface area (Å²) in [6, 6.07) is 1.41. The van der Waals surface area contributed by atoms with E-state index in [1.54, 1.807) is 20.8 Å². The van der Waals surface area contributed by atoms with Crippen LogP contribution in [0.1, 0.15) is 20.8 Å². The molecule has 0 atom stereocenters. The highest BCUT2D eigenvalue weighted by molar-refractivity contribution is 7.89. The molecule has 1 rings (SSSR count). The molecule has 0 fully saturated rings. The molecular weight excluding hydrogens is 262 g/mol. The number of hydrogen-bond acceptors (Lipinski definition) is 3. The molecule has 0 spiro atoms. The summed E-state index contributed by atoms with van der Waals surface area (Å²) in [5.41, 5.74) is 4.38. The Morgan fingerprint density at radius 3 is 2.33 bits per heavy atom. The Balaban J connectivity index is 3.42. The number of benzene rings is 1. The molecule has 1 aromatic carbocycles. The first-order valence-electron chi connectivity index (χ1n) is 5.48. The highest BCUT2D eigenvalue weighted by Crippen LogP contribution is 2.26. The number of sulfonamides is 1. The van der Waals surface area contributed by atoms with Gasteiger partial charge in [0.2, 0.25) is 10.0 Å². The van der Waals surface area contributed by atoms with Gasteiger partial charge in [0, 0.05) is 12.6 Å². The zero-order valence-electron chi connectivity index (χ0n) is 10.4. The molecule has 0 aliphatic heterocycles. The van der Waals surface area contributed by atoms with E-state index >= 15 is 0 Å². The zero-order chi connectivity index (χ0) is 14.1. The van der Waals surface area contributed by atoms with Crippen LogP contribution in [0.25, 0.3) is 0 Å². The van der Waals surface area contributed by atoms with Crippen molar-refractivity contribution in [1.29, 1.82) is 0 Å². The number of hydrogen-bond donors (Lipinski definition) is 1. The van der Waals surface area contributed by atoms with Gasteiger partial charge in [-0.1, -0.05) is 6.92 Å². The fourth-order valence-corrected chi connectivity index (χ4v) is 3.41. The van der Waals surface area contributed by atoms with Crippen LogP contribution in [0.3, 0.4) is 0 Å².